The summed E-state index contributed by atoms with van der Waals surface area (Å²) in [6.07, 6.45) is 2.52. The van der Waals surface area contributed by atoms with Crippen LogP contribution in [0.1, 0.15) is 38.7 Å². The number of hydrogen-bond acceptors (Lipinski definition) is 4. The highest BCUT2D eigenvalue weighted by Crippen LogP contribution is 2.53. The van der Waals surface area contributed by atoms with Gasteiger partial charge in [0.25, 0.3) is 0 Å². The van der Waals surface area contributed by atoms with Crippen LogP contribution in [0.5, 0.6) is 0 Å². The summed E-state index contributed by atoms with van der Waals surface area (Å²) in [4.78, 5) is 8.95. The second-order valence-electron chi connectivity index (χ2n) is 6.33. The number of fused-ring (bicyclic) bond motifs is 1. The molecule has 1 aromatic heterocycles. The van der Waals surface area contributed by atoms with E-state index in [1.807, 2.05) is 6.92 Å². The zero-order chi connectivity index (χ0) is 13.6. The molecule has 0 spiro atoms. The lowest BCUT2D eigenvalue weighted by Crippen LogP contribution is -2.63. The molecule has 3 rings (SSSR count). The molecule has 2 fully saturated rings. The van der Waals surface area contributed by atoms with E-state index < -0.39 is 0 Å². The van der Waals surface area contributed by atoms with Crippen LogP contribution < -0.4 is 5.32 Å². The molecule has 1 N–H and O–H groups in total. The molecule has 0 radical (unpaired) electrons. The number of nitrogens with zero attached hydrogens (tertiary/aromatic N) is 2. The van der Waals surface area contributed by atoms with E-state index in [4.69, 9.17) is 4.74 Å². The molecule has 104 valence electrons. The van der Waals surface area contributed by atoms with Gasteiger partial charge in [-0.1, -0.05) is 20.8 Å². The molecular formula is C15H23N3O. The van der Waals surface area contributed by atoms with Gasteiger partial charge < -0.3 is 10.1 Å². The lowest BCUT2D eigenvalue weighted by Gasteiger charge is -2.54. The van der Waals surface area contributed by atoms with Gasteiger partial charge in [0.05, 0.1) is 6.10 Å². The van der Waals surface area contributed by atoms with Crippen molar-refractivity contribution in [1.82, 2.24) is 9.97 Å². The first-order chi connectivity index (χ1) is 9.02. The first-order valence-corrected chi connectivity index (χ1v) is 7.25. The molecular weight excluding hydrogens is 238 g/mol. The second kappa shape index (κ2) is 4.44. The molecule has 1 aliphatic heterocycles. The maximum absolute atomic E-state index is 5.83. The summed E-state index contributed by atoms with van der Waals surface area (Å²) < 4.78 is 5.83. The molecule has 1 aliphatic carbocycles. The summed E-state index contributed by atoms with van der Waals surface area (Å²) >= 11 is 0. The maximum atomic E-state index is 5.83. The van der Waals surface area contributed by atoms with Gasteiger partial charge in [-0.3, -0.25) is 0 Å². The molecule has 1 aromatic rings. The van der Waals surface area contributed by atoms with Crippen molar-refractivity contribution in [3.63, 3.8) is 0 Å². The van der Waals surface area contributed by atoms with Gasteiger partial charge >= 0.3 is 0 Å². The third kappa shape index (κ3) is 2.02. The Bertz CT molecular complexity index is 486. The number of aromatic nitrogens is 2. The maximum Gasteiger partial charge on any atom is 0.130 e. The summed E-state index contributed by atoms with van der Waals surface area (Å²) in [5.41, 5.74) is 1.29. The lowest BCUT2D eigenvalue weighted by atomic mass is 9.57. The van der Waals surface area contributed by atoms with E-state index in [9.17, 15) is 0 Å². The largest absolute Gasteiger partial charge is 0.377 e. The monoisotopic (exact) mass is 261 g/mol. The fourth-order valence-electron chi connectivity index (χ4n) is 3.66. The predicted molar refractivity (Wildman–Crippen MR) is 75.2 cm³/mol. The van der Waals surface area contributed by atoms with Crippen LogP contribution in [0.15, 0.2) is 6.07 Å². The van der Waals surface area contributed by atoms with Crippen LogP contribution in [-0.4, -0.2) is 28.7 Å². The van der Waals surface area contributed by atoms with Crippen molar-refractivity contribution in [2.75, 3.05) is 11.9 Å². The van der Waals surface area contributed by atoms with E-state index in [2.05, 4.69) is 42.1 Å². The van der Waals surface area contributed by atoms with Gasteiger partial charge in [0.1, 0.15) is 11.6 Å². The van der Waals surface area contributed by atoms with Gasteiger partial charge in [-0.15, -0.1) is 0 Å². The molecule has 0 amide bonds. The van der Waals surface area contributed by atoms with Gasteiger partial charge in [-0.25, -0.2) is 9.97 Å². The highest BCUT2D eigenvalue weighted by Gasteiger charge is 2.59. The highest BCUT2D eigenvalue weighted by atomic mass is 16.5. The summed E-state index contributed by atoms with van der Waals surface area (Å²) in [6.45, 7) is 9.55. The van der Waals surface area contributed by atoms with Gasteiger partial charge in [0.15, 0.2) is 0 Å². The number of anilines is 1. The number of hydrogen-bond donors (Lipinski definition) is 1. The Morgan fingerprint density at radius 1 is 1.42 bits per heavy atom. The number of rotatable bonds is 3. The first kappa shape index (κ1) is 12.9. The van der Waals surface area contributed by atoms with E-state index in [0.29, 0.717) is 18.1 Å². The Kier molecular flexibility index (Phi) is 3.01. The SMILES string of the molecule is CCc1cc(NC2C3CCOC3C2(C)C)nc(C)n1. The van der Waals surface area contributed by atoms with Gasteiger partial charge in [0.2, 0.25) is 0 Å². The summed E-state index contributed by atoms with van der Waals surface area (Å²) in [7, 11) is 0. The Balaban J connectivity index is 1.80. The smallest absolute Gasteiger partial charge is 0.130 e. The average Bonchev–Trinajstić information content (AvgIpc) is 2.82. The van der Waals surface area contributed by atoms with Crippen LogP contribution in [0.4, 0.5) is 5.82 Å². The Hall–Kier alpha value is -1.16. The van der Waals surface area contributed by atoms with Gasteiger partial charge in [0, 0.05) is 35.7 Å². The lowest BCUT2D eigenvalue weighted by molar-refractivity contribution is -0.0924. The van der Waals surface area contributed by atoms with E-state index >= 15 is 0 Å². The summed E-state index contributed by atoms with van der Waals surface area (Å²) in [5.74, 6) is 2.45. The van der Waals surface area contributed by atoms with Crippen LogP contribution >= 0.6 is 0 Å². The number of nitrogens with one attached hydrogen (secondary N) is 1. The normalized spacial score (nSPS) is 31.7. The number of ether oxygens (including phenoxy) is 1. The van der Waals surface area contributed by atoms with Gasteiger partial charge in [-0.05, 0) is 19.8 Å². The first-order valence-electron chi connectivity index (χ1n) is 7.25. The van der Waals surface area contributed by atoms with Crippen LogP contribution in [0.2, 0.25) is 0 Å². The second-order valence-corrected chi connectivity index (χ2v) is 6.33. The molecule has 3 unspecified atom stereocenters. The fourth-order valence-corrected chi connectivity index (χ4v) is 3.66. The van der Waals surface area contributed by atoms with Crippen molar-refractivity contribution in [3.8, 4) is 0 Å². The van der Waals surface area contributed by atoms with Crippen molar-refractivity contribution in [3.05, 3.63) is 17.6 Å². The summed E-state index contributed by atoms with van der Waals surface area (Å²) in [5, 5.41) is 3.62. The van der Waals surface area contributed by atoms with E-state index in [1.165, 1.54) is 0 Å². The van der Waals surface area contributed by atoms with E-state index in [-0.39, 0.29) is 5.41 Å². The average molecular weight is 261 g/mol. The minimum atomic E-state index is 0.187. The predicted octanol–water partition coefficient (Wildman–Crippen LogP) is 2.57. The number of aryl methyl sites for hydroxylation is 2. The Morgan fingerprint density at radius 2 is 2.21 bits per heavy atom. The molecule has 0 aromatic carbocycles. The highest BCUT2D eigenvalue weighted by molar-refractivity contribution is 5.40. The van der Waals surface area contributed by atoms with Crippen molar-refractivity contribution in [1.29, 1.82) is 0 Å². The zero-order valence-electron chi connectivity index (χ0n) is 12.2. The van der Waals surface area contributed by atoms with Gasteiger partial charge in [-0.2, -0.15) is 0 Å². The minimum Gasteiger partial charge on any atom is -0.377 e. The minimum absolute atomic E-state index is 0.187. The van der Waals surface area contributed by atoms with E-state index in [1.54, 1.807) is 0 Å². The molecule has 19 heavy (non-hydrogen) atoms. The molecule has 0 bridgehead atoms. The van der Waals surface area contributed by atoms with Crippen LogP contribution in [0, 0.1) is 18.3 Å². The standard InChI is InChI=1S/C15H23N3O/c1-5-10-8-12(17-9(2)16-10)18-13-11-6-7-19-14(11)15(13,3)4/h8,11,13-14H,5-7H2,1-4H3,(H,16,17,18). The van der Waals surface area contributed by atoms with Crippen LogP contribution in [0.25, 0.3) is 0 Å². The van der Waals surface area contributed by atoms with E-state index in [0.717, 1.165) is 36.8 Å². The van der Waals surface area contributed by atoms with Crippen molar-refractivity contribution >= 4 is 5.82 Å². The molecule has 1 saturated carbocycles. The topological polar surface area (TPSA) is 47.0 Å². The van der Waals surface area contributed by atoms with Crippen molar-refractivity contribution in [2.24, 2.45) is 11.3 Å². The zero-order valence-corrected chi connectivity index (χ0v) is 12.2. The third-order valence-corrected chi connectivity index (χ3v) is 4.66. The molecule has 4 heteroatoms. The third-order valence-electron chi connectivity index (χ3n) is 4.66. The van der Waals surface area contributed by atoms with Crippen molar-refractivity contribution < 1.29 is 4.74 Å². The molecule has 2 heterocycles. The summed E-state index contributed by atoms with van der Waals surface area (Å²) in [6, 6.07) is 2.53. The quantitative estimate of drug-likeness (QED) is 0.908. The van der Waals surface area contributed by atoms with Crippen molar-refractivity contribution in [2.45, 2.75) is 52.7 Å². The molecule has 1 saturated heterocycles. The Labute approximate surface area is 115 Å². The molecule has 2 aliphatic rings. The van der Waals surface area contributed by atoms with Crippen LogP contribution in [0.3, 0.4) is 0 Å². The molecule has 4 nitrogen and oxygen atoms in total. The molecule has 3 atom stereocenters. The Morgan fingerprint density at radius 3 is 2.95 bits per heavy atom. The fraction of sp³-hybridized carbons (Fsp3) is 0.733. The van der Waals surface area contributed by atoms with Crippen LogP contribution in [-0.2, 0) is 11.2 Å².